The number of aromatic nitrogens is 4. The minimum absolute atomic E-state index is 0.156. The van der Waals surface area contributed by atoms with Gasteiger partial charge in [-0.2, -0.15) is 0 Å². The molecule has 0 fully saturated rings. The Labute approximate surface area is 104 Å². The van der Waals surface area contributed by atoms with Crippen molar-refractivity contribution in [1.82, 2.24) is 19.7 Å². The fourth-order valence-corrected chi connectivity index (χ4v) is 1.97. The lowest BCUT2D eigenvalue weighted by atomic mass is 10.3. The summed E-state index contributed by atoms with van der Waals surface area (Å²) in [5.74, 6) is -2.34. The van der Waals surface area contributed by atoms with E-state index in [0.29, 0.717) is 0 Å². The molecule has 2 aromatic heterocycles. The Morgan fingerprint density at radius 3 is 2.89 bits per heavy atom. The molecule has 2 rings (SSSR count). The van der Waals surface area contributed by atoms with Crippen LogP contribution in [0.5, 0.6) is 0 Å². The first-order chi connectivity index (χ1) is 8.50. The molecule has 0 amide bonds. The Balaban J connectivity index is 2.41. The lowest BCUT2D eigenvalue weighted by Gasteiger charge is -2.03. The average Bonchev–Trinajstić information content (AvgIpc) is 2.63. The van der Waals surface area contributed by atoms with Crippen molar-refractivity contribution in [3.05, 3.63) is 34.1 Å². The van der Waals surface area contributed by atoms with Crippen molar-refractivity contribution in [3.8, 4) is 0 Å². The molecule has 18 heavy (non-hydrogen) atoms. The third-order valence-corrected chi connectivity index (χ3v) is 3.14. The maximum absolute atomic E-state index is 13.8. The van der Waals surface area contributed by atoms with E-state index in [1.807, 2.05) is 0 Å². The molecule has 2 heterocycles. The van der Waals surface area contributed by atoms with Gasteiger partial charge in [0.15, 0.2) is 11.0 Å². The Morgan fingerprint density at radius 2 is 2.33 bits per heavy atom. The highest BCUT2D eigenvalue weighted by molar-refractivity contribution is 7.99. The Hall–Kier alpha value is -2.16. The number of hydrogen-bond acceptors (Lipinski definition) is 5. The SMILES string of the molecule is Cn1c(Sc2nccc(C(=O)O)c2F)n[nH]c1=O. The molecule has 0 saturated heterocycles. The highest BCUT2D eigenvalue weighted by atomic mass is 32.2. The van der Waals surface area contributed by atoms with Crippen LogP contribution in [0, 0.1) is 5.82 Å². The first-order valence-corrected chi connectivity index (χ1v) is 5.49. The topological polar surface area (TPSA) is 101 Å². The van der Waals surface area contributed by atoms with Crippen LogP contribution in [0.4, 0.5) is 4.39 Å². The summed E-state index contributed by atoms with van der Waals surface area (Å²) in [6, 6.07) is 1.06. The second kappa shape index (κ2) is 4.61. The number of H-pyrrole nitrogens is 1. The van der Waals surface area contributed by atoms with E-state index in [4.69, 9.17) is 5.11 Å². The number of nitrogens with zero attached hydrogens (tertiary/aromatic N) is 3. The molecule has 7 nitrogen and oxygen atoms in total. The molecule has 2 N–H and O–H groups in total. The van der Waals surface area contributed by atoms with Crippen LogP contribution in [-0.2, 0) is 7.05 Å². The highest BCUT2D eigenvalue weighted by Crippen LogP contribution is 2.26. The molecule has 0 aliphatic heterocycles. The van der Waals surface area contributed by atoms with E-state index < -0.39 is 23.0 Å². The van der Waals surface area contributed by atoms with Crippen LogP contribution in [0.2, 0.25) is 0 Å². The van der Waals surface area contributed by atoms with Gasteiger partial charge in [-0.25, -0.2) is 24.1 Å². The van der Waals surface area contributed by atoms with Crippen LogP contribution in [0.25, 0.3) is 0 Å². The van der Waals surface area contributed by atoms with E-state index in [1.165, 1.54) is 17.8 Å². The number of hydrogen-bond donors (Lipinski definition) is 2. The number of aromatic amines is 1. The van der Waals surface area contributed by atoms with Gasteiger partial charge >= 0.3 is 11.7 Å². The van der Waals surface area contributed by atoms with Gasteiger partial charge < -0.3 is 5.11 Å². The van der Waals surface area contributed by atoms with Crippen molar-refractivity contribution in [2.75, 3.05) is 0 Å². The summed E-state index contributed by atoms with van der Waals surface area (Å²) >= 11 is 0.764. The zero-order valence-electron chi connectivity index (χ0n) is 9.05. The van der Waals surface area contributed by atoms with Crippen molar-refractivity contribution in [1.29, 1.82) is 0 Å². The number of nitrogens with one attached hydrogen (secondary N) is 1. The van der Waals surface area contributed by atoms with E-state index in [9.17, 15) is 14.0 Å². The zero-order chi connectivity index (χ0) is 13.3. The van der Waals surface area contributed by atoms with Crippen LogP contribution in [0.15, 0.2) is 27.2 Å². The highest BCUT2D eigenvalue weighted by Gasteiger charge is 2.17. The third kappa shape index (κ3) is 2.12. The van der Waals surface area contributed by atoms with Gasteiger partial charge in [-0.15, -0.1) is 5.10 Å². The summed E-state index contributed by atoms with van der Waals surface area (Å²) in [7, 11) is 1.45. The zero-order valence-corrected chi connectivity index (χ0v) is 9.86. The van der Waals surface area contributed by atoms with Crippen molar-refractivity contribution >= 4 is 17.7 Å². The first-order valence-electron chi connectivity index (χ1n) is 4.67. The summed E-state index contributed by atoms with van der Waals surface area (Å²) < 4.78 is 14.9. The third-order valence-electron chi connectivity index (χ3n) is 2.11. The van der Waals surface area contributed by atoms with Crippen molar-refractivity contribution < 1.29 is 14.3 Å². The summed E-state index contributed by atoms with van der Waals surface area (Å²) in [5, 5.41) is 14.6. The Kier molecular flexibility index (Phi) is 3.15. The van der Waals surface area contributed by atoms with Gasteiger partial charge in [-0.1, -0.05) is 0 Å². The lowest BCUT2D eigenvalue weighted by molar-refractivity contribution is 0.0691. The molecule has 0 aliphatic carbocycles. The summed E-state index contributed by atoms with van der Waals surface area (Å²) in [6.45, 7) is 0. The molecule has 0 atom stereocenters. The molecule has 0 saturated carbocycles. The molecule has 0 aliphatic rings. The number of halogens is 1. The van der Waals surface area contributed by atoms with Crippen molar-refractivity contribution in [2.45, 2.75) is 10.2 Å². The van der Waals surface area contributed by atoms with E-state index in [0.717, 1.165) is 17.8 Å². The maximum Gasteiger partial charge on any atom is 0.343 e. The normalized spacial score (nSPS) is 10.6. The molecule has 0 bridgehead atoms. The molecular weight excluding hydrogens is 263 g/mol. The van der Waals surface area contributed by atoms with E-state index in [2.05, 4.69) is 15.2 Å². The van der Waals surface area contributed by atoms with Crippen LogP contribution in [0.3, 0.4) is 0 Å². The number of rotatable bonds is 3. The van der Waals surface area contributed by atoms with Gasteiger partial charge in [0.2, 0.25) is 0 Å². The molecule has 0 radical (unpaired) electrons. The number of aromatic carboxylic acids is 1. The predicted molar refractivity (Wildman–Crippen MR) is 59.1 cm³/mol. The van der Waals surface area contributed by atoms with E-state index >= 15 is 0 Å². The van der Waals surface area contributed by atoms with Crippen LogP contribution < -0.4 is 5.69 Å². The van der Waals surface area contributed by atoms with Gasteiger partial charge in [0, 0.05) is 13.2 Å². The van der Waals surface area contributed by atoms with Gasteiger partial charge in [0.05, 0.1) is 5.56 Å². The predicted octanol–water partition coefficient (Wildman–Crippen LogP) is 0.492. The van der Waals surface area contributed by atoms with Crippen molar-refractivity contribution in [3.63, 3.8) is 0 Å². The van der Waals surface area contributed by atoms with E-state index in [-0.39, 0.29) is 10.2 Å². The minimum Gasteiger partial charge on any atom is -0.478 e. The molecule has 94 valence electrons. The number of carbonyl (C=O) groups is 1. The average molecular weight is 270 g/mol. The second-order valence-electron chi connectivity index (χ2n) is 3.26. The molecule has 9 heteroatoms. The summed E-state index contributed by atoms with van der Waals surface area (Å²) in [5.41, 5.74) is -0.930. The summed E-state index contributed by atoms with van der Waals surface area (Å²) in [4.78, 5) is 25.6. The van der Waals surface area contributed by atoms with Gasteiger partial charge in [0.1, 0.15) is 5.03 Å². The quantitative estimate of drug-likeness (QED) is 0.841. The van der Waals surface area contributed by atoms with Crippen molar-refractivity contribution in [2.24, 2.45) is 7.05 Å². The van der Waals surface area contributed by atoms with Crippen LogP contribution >= 0.6 is 11.8 Å². The maximum atomic E-state index is 13.8. The number of carboxylic acids is 1. The molecule has 2 aromatic rings. The van der Waals surface area contributed by atoms with Crippen LogP contribution in [0.1, 0.15) is 10.4 Å². The van der Waals surface area contributed by atoms with E-state index in [1.54, 1.807) is 0 Å². The Bertz CT molecular complexity index is 666. The number of pyridine rings is 1. The van der Waals surface area contributed by atoms with Crippen LogP contribution in [-0.4, -0.2) is 30.8 Å². The number of carboxylic acid groups (broad SMARTS) is 1. The molecule has 0 unspecified atom stereocenters. The van der Waals surface area contributed by atoms with Gasteiger partial charge in [0.25, 0.3) is 0 Å². The largest absolute Gasteiger partial charge is 0.478 e. The smallest absolute Gasteiger partial charge is 0.343 e. The standard InChI is InChI=1S/C9H7FN4O3S/c1-14-8(17)12-13-9(14)18-6-5(10)4(7(15)16)2-3-11-6/h2-3H,1H3,(H,12,17)(H,15,16). The molecule has 0 spiro atoms. The molecular formula is C9H7FN4O3S. The Morgan fingerprint density at radius 1 is 1.61 bits per heavy atom. The molecule has 0 aromatic carbocycles. The summed E-state index contributed by atoms with van der Waals surface area (Å²) in [6.07, 6.45) is 1.18. The van der Waals surface area contributed by atoms with Gasteiger partial charge in [-0.05, 0) is 17.8 Å². The fraction of sp³-hybridized carbons (Fsp3) is 0.111. The monoisotopic (exact) mass is 270 g/mol. The fourth-order valence-electron chi connectivity index (χ4n) is 1.17. The minimum atomic E-state index is -1.38. The lowest BCUT2D eigenvalue weighted by Crippen LogP contribution is -2.13. The van der Waals surface area contributed by atoms with Gasteiger partial charge in [-0.3, -0.25) is 4.57 Å². The second-order valence-corrected chi connectivity index (χ2v) is 4.21. The first kappa shape index (κ1) is 12.3.